The summed E-state index contributed by atoms with van der Waals surface area (Å²) in [5.74, 6) is 0.166. The van der Waals surface area contributed by atoms with Crippen LogP contribution in [0.5, 0.6) is 0 Å². The van der Waals surface area contributed by atoms with E-state index in [9.17, 15) is 4.79 Å². The van der Waals surface area contributed by atoms with Gasteiger partial charge in [0.2, 0.25) is 5.91 Å². The Morgan fingerprint density at radius 2 is 1.81 bits per heavy atom. The van der Waals surface area contributed by atoms with Crippen molar-refractivity contribution in [2.45, 2.75) is 26.2 Å². The maximum Gasteiger partial charge on any atom is 0.234 e. The Labute approximate surface area is 128 Å². The number of rotatable bonds is 7. The van der Waals surface area contributed by atoms with E-state index in [2.05, 4.69) is 46.3 Å². The molecule has 4 heteroatoms. The quantitative estimate of drug-likeness (QED) is 0.781. The van der Waals surface area contributed by atoms with E-state index in [4.69, 9.17) is 0 Å². The van der Waals surface area contributed by atoms with Gasteiger partial charge in [-0.1, -0.05) is 38.0 Å². The van der Waals surface area contributed by atoms with E-state index in [0.29, 0.717) is 6.54 Å². The van der Waals surface area contributed by atoms with Gasteiger partial charge in [-0.05, 0) is 18.6 Å². The topological polar surface area (TPSA) is 35.6 Å². The monoisotopic (exact) mass is 289 g/mol. The van der Waals surface area contributed by atoms with Crippen LogP contribution in [0, 0.1) is 0 Å². The lowest BCUT2D eigenvalue weighted by atomic mass is 10.2. The van der Waals surface area contributed by atoms with Crippen molar-refractivity contribution in [1.82, 2.24) is 10.2 Å². The minimum atomic E-state index is 0.166. The van der Waals surface area contributed by atoms with Gasteiger partial charge in [-0.15, -0.1) is 0 Å². The Morgan fingerprint density at radius 3 is 2.48 bits per heavy atom. The third kappa shape index (κ3) is 5.38. The normalized spacial score (nSPS) is 16.0. The standard InChI is InChI=1S/C17H27N3O/c1-2-3-7-10-18-17(21)15-19-11-13-20(14-12-19)16-8-5-4-6-9-16/h4-6,8-9H,2-3,7,10-15H2,1H3,(H,18,21). The van der Waals surface area contributed by atoms with E-state index >= 15 is 0 Å². The number of benzene rings is 1. The SMILES string of the molecule is CCCCCNC(=O)CN1CCN(c2ccccc2)CC1. The highest BCUT2D eigenvalue weighted by atomic mass is 16.2. The van der Waals surface area contributed by atoms with Gasteiger partial charge in [0.15, 0.2) is 0 Å². The number of hydrogen-bond acceptors (Lipinski definition) is 3. The van der Waals surface area contributed by atoms with Crippen LogP contribution in [0.4, 0.5) is 5.69 Å². The van der Waals surface area contributed by atoms with Crippen LogP contribution in [0.1, 0.15) is 26.2 Å². The zero-order chi connectivity index (χ0) is 14.9. The molecule has 0 radical (unpaired) electrons. The molecule has 4 nitrogen and oxygen atoms in total. The van der Waals surface area contributed by atoms with Crippen LogP contribution in [0.3, 0.4) is 0 Å². The van der Waals surface area contributed by atoms with Crippen LogP contribution in [0.2, 0.25) is 0 Å². The molecule has 1 N–H and O–H groups in total. The predicted octanol–water partition coefficient (Wildman–Crippen LogP) is 2.11. The number of carbonyl (C=O) groups is 1. The molecule has 0 bridgehead atoms. The molecule has 1 aromatic rings. The molecule has 1 amide bonds. The first-order chi connectivity index (χ1) is 10.3. The second-order valence-electron chi connectivity index (χ2n) is 5.66. The molecule has 21 heavy (non-hydrogen) atoms. The van der Waals surface area contributed by atoms with Crippen LogP contribution in [0.15, 0.2) is 30.3 Å². The van der Waals surface area contributed by atoms with E-state index in [-0.39, 0.29) is 5.91 Å². The summed E-state index contributed by atoms with van der Waals surface area (Å²) in [5.41, 5.74) is 1.28. The molecule has 1 saturated heterocycles. The molecule has 0 aliphatic carbocycles. The highest BCUT2D eigenvalue weighted by molar-refractivity contribution is 5.78. The molecule has 2 rings (SSSR count). The molecule has 1 aliphatic rings. The summed E-state index contributed by atoms with van der Waals surface area (Å²) >= 11 is 0. The average molecular weight is 289 g/mol. The van der Waals surface area contributed by atoms with Crippen LogP contribution in [-0.2, 0) is 4.79 Å². The Hall–Kier alpha value is -1.55. The Morgan fingerprint density at radius 1 is 1.10 bits per heavy atom. The van der Waals surface area contributed by atoms with Gasteiger partial charge in [-0.25, -0.2) is 0 Å². The lowest BCUT2D eigenvalue weighted by Gasteiger charge is -2.35. The van der Waals surface area contributed by atoms with Gasteiger partial charge in [0.25, 0.3) is 0 Å². The Kier molecular flexibility index (Phi) is 6.54. The fourth-order valence-corrected chi connectivity index (χ4v) is 2.66. The molecule has 0 atom stereocenters. The molecule has 1 aliphatic heterocycles. The third-order valence-corrected chi connectivity index (χ3v) is 3.96. The lowest BCUT2D eigenvalue weighted by Crippen LogP contribution is -2.49. The number of amides is 1. The van der Waals surface area contributed by atoms with Gasteiger partial charge >= 0.3 is 0 Å². The third-order valence-electron chi connectivity index (χ3n) is 3.96. The van der Waals surface area contributed by atoms with Crippen LogP contribution >= 0.6 is 0 Å². The first kappa shape index (κ1) is 15.8. The van der Waals surface area contributed by atoms with Crippen molar-refractivity contribution < 1.29 is 4.79 Å². The van der Waals surface area contributed by atoms with Crippen molar-refractivity contribution in [3.63, 3.8) is 0 Å². The molecule has 0 aromatic heterocycles. The molecular formula is C17H27N3O. The van der Waals surface area contributed by atoms with Gasteiger partial charge in [-0.3, -0.25) is 9.69 Å². The Balaban J connectivity index is 1.66. The number of piperazine rings is 1. The first-order valence-electron chi connectivity index (χ1n) is 8.08. The summed E-state index contributed by atoms with van der Waals surface area (Å²) in [6.45, 7) is 7.42. The summed E-state index contributed by atoms with van der Waals surface area (Å²) in [5, 5.41) is 3.01. The molecule has 1 aromatic carbocycles. The summed E-state index contributed by atoms with van der Waals surface area (Å²) in [7, 11) is 0. The van der Waals surface area contributed by atoms with Crippen molar-refractivity contribution in [3.8, 4) is 0 Å². The molecule has 1 fully saturated rings. The van der Waals surface area contributed by atoms with Gasteiger partial charge in [0, 0.05) is 38.4 Å². The van der Waals surface area contributed by atoms with E-state index in [1.165, 1.54) is 18.5 Å². The highest BCUT2D eigenvalue weighted by Crippen LogP contribution is 2.15. The van der Waals surface area contributed by atoms with Crippen LogP contribution in [-0.4, -0.2) is 50.1 Å². The van der Waals surface area contributed by atoms with Crippen molar-refractivity contribution in [1.29, 1.82) is 0 Å². The van der Waals surface area contributed by atoms with Gasteiger partial charge < -0.3 is 10.2 Å². The number of hydrogen-bond donors (Lipinski definition) is 1. The number of nitrogens with zero attached hydrogens (tertiary/aromatic N) is 2. The predicted molar refractivity (Wildman–Crippen MR) is 87.6 cm³/mol. The Bertz CT molecular complexity index is 413. The lowest BCUT2D eigenvalue weighted by molar-refractivity contribution is -0.122. The number of nitrogens with one attached hydrogen (secondary N) is 1. The molecular weight excluding hydrogens is 262 g/mol. The van der Waals surface area contributed by atoms with Crippen molar-refractivity contribution in [2.75, 3.05) is 44.2 Å². The number of unbranched alkanes of at least 4 members (excludes halogenated alkanes) is 2. The van der Waals surface area contributed by atoms with E-state index in [1.54, 1.807) is 0 Å². The van der Waals surface area contributed by atoms with E-state index in [1.807, 2.05) is 6.07 Å². The molecule has 1 heterocycles. The molecule has 0 spiro atoms. The minimum Gasteiger partial charge on any atom is -0.369 e. The van der Waals surface area contributed by atoms with Gasteiger partial charge in [0.1, 0.15) is 0 Å². The number of carbonyl (C=O) groups excluding carboxylic acids is 1. The van der Waals surface area contributed by atoms with Gasteiger partial charge in [-0.2, -0.15) is 0 Å². The molecule has 0 unspecified atom stereocenters. The fourth-order valence-electron chi connectivity index (χ4n) is 2.66. The highest BCUT2D eigenvalue weighted by Gasteiger charge is 2.18. The molecule has 0 saturated carbocycles. The van der Waals surface area contributed by atoms with Crippen LogP contribution < -0.4 is 10.2 Å². The van der Waals surface area contributed by atoms with Crippen molar-refractivity contribution in [2.24, 2.45) is 0 Å². The zero-order valence-electron chi connectivity index (χ0n) is 13.1. The average Bonchev–Trinajstić information content (AvgIpc) is 2.53. The van der Waals surface area contributed by atoms with Crippen molar-refractivity contribution >= 4 is 11.6 Å². The van der Waals surface area contributed by atoms with E-state index in [0.717, 1.165) is 39.1 Å². The van der Waals surface area contributed by atoms with Crippen LogP contribution in [0.25, 0.3) is 0 Å². The minimum absolute atomic E-state index is 0.166. The first-order valence-corrected chi connectivity index (χ1v) is 8.08. The zero-order valence-corrected chi connectivity index (χ0v) is 13.1. The fraction of sp³-hybridized carbons (Fsp3) is 0.588. The molecule has 116 valence electrons. The number of anilines is 1. The van der Waals surface area contributed by atoms with Gasteiger partial charge in [0.05, 0.1) is 6.54 Å². The summed E-state index contributed by atoms with van der Waals surface area (Å²) in [6.07, 6.45) is 3.47. The second kappa shape index (κ2) is 8.67. The summed E-state index contributed by atoms with van der Waals surface area (Å²) in [6, 6.07) is 10.5. The van der Waals surface area contributed by atoms with E-state index < -0.39 is 0 Å². The number of para-hydroxylation sites is 1. The smallest absolute Gasteiger partial charge is 0.234 e. The maximum absolute atomic E-state index is 11.9. The summed E-state index contributed by atoms with van der Waals surface area (Å²) < 4.78 is 0. The maximum atomic E-state index is 11.9. The largest absolute Gasteiger partial charge is 0.369 e. The van der Waals surface area contributed by atoms with Crippen molar-refractivity contribution in [3.05, 3.63) is 30.3 Å². The summed E-state index contributed by atoms with van der Waals surface area (Å²) in [4.78, 5) is 16.5. The second-order valence-corrected chi connectivity index (χ2v) is 5.66.